The van der Waals surface area contributed by atoms with E-state index in [9.17, 15) is 9.59 Å². The van der Waals surface area contributed by atoms with Gasteiger partial charge in [-0.2, -0.15) is 0 Å². The van der Waals surface area contributed by atoms with Gasteiger partial charge in [-0.15, -0.1) is 0 Å². The number of nitrogens with zero attached hydrogens (tertiary/aromatic N) is 1. The van der Waals surface area contributed by atoms with Crippen molar-refractivity contribution in [3.05, 3.63) is 24.3 Å². The fourth-order valence-electron chi connectivity index (χ4n) is 2.11. The van der Waals surface area contributed by atoms with Crippen molar-refractivity contribution >= 4 is 23.4 Å². The van der Waals surface area contributed by atoms with Gasteiger partial charge in [0.2, 0.25) is 0 Å². The molecule has 25 heavy (non-hydrogen) atoms. The molecule has 0 atom stereocenters. The van der Waals surface area contributed by atoms with E-state index >= 15 is 0 Å². The van der Waals surface area contributed by atoms with E-state index in [4.69, 9.17) is 15.2 Å². The highest BCUT2D eigenvalue weighted by Crippen LogP contribution is 2.21. The summed E-state index contributed by atoms with van der Waals surface area (Å²) in [5.74, 6) is -0.288. The van der Waals surface area contributed by atoms with Crippen LogP contribution in [0.25, 0.3) is 0 Å². The van der Waals surface area contributed by atoms with Crippen molar-refractivity contribution in [2.45, 2.75) is 65.6 Å². The number of rotatable bonds is 5. The van der Waals surface area contributed by atoms with Gasteiger partial charge in [-0.3, -0.25) is 9.69 Å². The zero-order valence-electron chi connectivity index (χ0n) is 16.1. The first-order valence-corrected chi connectivity index (χ1v) is 8.45. The summed E-state index contributed by atoms with van der Waals surface area (Å²) in [6.07, 6.45) is 0.212. The standard InChI is InChI=1S/C19H30N2O4/c1-18(2,3)24-16(22)11-8-12-21(17(23)25-19(4,5)6)15-10-7-9-14(20)13-15/h7,9-10,13H,8,11-12,20H2,1-6H3. The molecule has 0 aliphatic rings. The third-order valence-electron chi connectivity index (χ3n) is 2.98. The minimum absolute atomic E-state index is 0.221. The second kappa shape index (κ2) is 8.23. The third kappa shape index (κ3) is 8.42. The Morgan fingerprint density at radius 3 is 2.16 bits per heavy atom. The van der Waals surface area contributed by atoms with Crippen LogP contribution in [0.1, 0.15) is 54.4 Å². The van der Waals surface area contributed by atoms with Crippen LogP contribution in [0.15, 0.2) is 24.3 Å². The predicted molar refractivity (Wildman–Crippen MR) is 99.5 cm³/mol. The van der Waals surface area contributed by atoms with E-state index in [1.807, 2.05) is 41.5 Å². The van der Waals surface area contributed by atoms with Crippen LogP contribution in [0.3, 0.4) is 0 Å². The van der Waals surface area contributed by atoms with E-state index in [2.05, 4.69) is 0 Å². The first kappa shape index (κ1) is 20.8. The Bertz CT molecular complexity index is 600. The molecule has 0 spiro atoms. The Balaban J connectivity index is 2.79. The highest BCUT2D eigenvalue weighted by Gasteiger charge is 2.24. The SMILES string of the molecule is CC(C)(C)OC(=O)CCCN(C(=O)OC(C)(C)C)c1cccc(N)c1. The maximum Gasteiger partial charge on any atom is 0.414 e. The lowest BCUT2D eigenvalue weighted by molar-refractivity contribution is -0.154. The molecule has 0 saturated carbocycles. The summed E-state index contributed by atoms with van der Waals surface area (Å²) < 4.78 is 10.8. The van der Waals surface area contributed by atoms with Gasteiger partial charge in [-0.1, -0.05) is 6.07 Å². The first-order valence-electron chi connectivity index (χ1n) is 8.45. The number of carbonyl (C=O) groups excluding carboxylic acids is 2. The number of nitrogen functional groups attached to an aromatic ring is 1. The van der Waals surface area contributed by atoms with Crippen molar-refractivity contribution in [3.8, 4) is 0 Å². The van der Waals surface area contributed by atoms with Crippen molar-refractivity contribution < 1.29 is 19.1 Å². The van der Waals surface area contributed by atoms with Crippen LogP contribution in [0.4, 0.5) is 16.2 Å². The van der Waals surface area contributed by atoms with Crippen molar-refractivity contribution in [1.29, 1.82) is 0 Å². The van der Waals surface area contributed by atoms with Crippen molar-refractivity contribution in [2.75, 3.05) is 17.2 Å². The Morgan fingerprint density at radius 1 is 1.04 bits per heavy atom. The summed E-state index contributed by atoms with van der Waals surface area (Å²) in [5, 5.41) is 0. The molecule has 1 amide bonds. The normalized spacial score (nSPS) is 11.8. The van der Waals surface area contributed by atoms with E-state index in [0.717, 1.165) is 0 Å². The number of benzene rings is 1. The fraction of sp³-hybridized carbons (Fsp3) is 0.579. The first-order chi connectivity index (χ1) is 11.4. The molecule has 0 saturated heterocycles. The van der Waals surface area contributed by atoms with Crippen molar-refractivity contribution in [3.63, 3.8) is 0 Å². The van der Waals surface area contributed by atoms with Crippen LogP contribution in [-0.2, 0) is 14.3 Å². The summed E-state index contributed by atoms with van der Waals surface area (Å²) in [5.41, 5.74) is 5.88. The molecule has 1 rings (SSSR count). The fourth-order valence-corrected chi connectivity index (χ4v) is 2.11. The summed E-state index contributed by atoms with van der Waals surface area (Å²) >= 11 is 0. The number of hydrogen-bond donors (Lipinski definition) is 1. The largest absolute Gasteiger partial charge is 0.460 e. The van der Waals surface area contributed by atoms with Crippen LogP contribution < -0.4 is 10.6 Å². The molecular formula is C19H30N2O4. The van der Waals surface area contributed by atoms with Gasteiger partial charge in [0, 0.05) is 24.3 Å². The number of hydrogen-bond acceptors (Lipinski definition) is 5. The molecule has 0 aliphatic carbocycles. The van der Waals surface area contributed by atoms with E-state index in [0.29, 0.717) is 24.3 Å². The summed E-state index contributed by atoms with van der Waals surface area (Å²) in [7, 11) is 0. The molecule has 140 valence electrons. The van der Waals surface area contributed by atoms with Gasteiger partial charge in [0.1, 0.15) is 11.2 Å². The molecule has 0 bridgehead atoms. The summed E-state index contributed by atoms with van der Waals surface area (Å²) in [6, 6.07) is 7.01. The van der Waals surface area contributed by atoms with Crippen LogP contribution >= 0.6 is 0 Å². The minimum atomic E-state index is -0.610. The zero-order chi connectivity index (χ0) is 19.3. The highest BCUT2D eigenvalue weighted by molar-refractivity contribution is 5.88. The lowest BCUT2D eigenvalue weighted by atomic mass is 10.2. The maximum absolute atomic E-state index is 12.5. The number of anilines is 2. The molecule has 2 N–H and O–H groups in total. The van der Waals surface area contributed by atoms with Gasteiger partial charge in [0.05, 0.1) is 0 Å². The number of amides is 1. The Morgan fingerprint density at radius 2 is 1.64 bits per heavy atom. The number of nitrogens with two attached hydrogens (primary N) is 1. The van der Waals surface area contributed by atoms with Gasteiger partial charge in [0.15, 0.2) is 0 Å². The molecule has 6 nitrogen and oxygen atoms in total. The number of esters is 1. The number of carbonyl (C=O) groups is 2. The van der Waals surface area contributed by atoms with Crippen LogP contribution in [-0.4, -0.2) is 29.8 Å². The molecule has 6 heteroatoms. The van der Waals surface area contributed by atoms with Gasteiger partial charge in [-0.05, 0) is 66.2 Å². The number of ether oxygens (including phenoxy) is 2. The van der Waals surface area contributed by atoms with Gasteiger partial charge in [0.25, 0.3) is 0 Å². The molecule has 1 aromatic carbocycles. The predicted octanol–water partition coefficient (Wildman–Crippen LogP) is 4.13. The second-order valence-corrected chi connectivity index (χ2v) is 7.92. The Kier molecular flexibility index (Phi) is 6.85. The van der Waals surface area contributed by atoms with Gasteiger partial charge >= 0.3 is 12.1 Å². The molecular weight excluding hydrogens is 320 g/mol. The third-order valence-corrected chi connectivity index (χ3v) is 2.98. The van der Waals surface area contributed by atoms with Crippen molar-refractivity contribution in [1.82, 2.24) is 0 Å². The van der Waals surface area contributed by atoms with E-state index in [1.54, 1.807) is 24.3 Å². The Hall–Kier alpha value is -2.24. The average molecular weight is 350 g/mol. The molecule has 0 unspecified atom stereocenters. The molecule has 0 aromatic heterocycles. The highest BCUT2D eigenvalue weighted by atomic mass is 16.6. The van der Waals surface area contributed by atoms with Crippen LogP contribution in [0, 0.1) is 0 Å². The molecule has 1 aromatic rings. The van der Waals surface area contributed by atoms with Gasteiger partial charge < -0.3 is 15.2 Å². The lowest BCUT2D eigenvalue weighted by Crippen LogP contribution is -2.37. The smallest absolute Gasteiger partial charge is 0.414 e. The second-order valence-electron chi connectivity index (χ2n) is 7.92. The maximum atomic E-state index is 12.5. The Labute approximate surface area is 150 Å². The zero-order valence-corrected chi connectivity index (χ0v) is 16.1. The van der Waals surface area contributed by atoms with E-state index in [-0.39, 0.29) is 12.4 Å². The summed E-state index contributed by atoms with van der Waals surface area (Å²) in [4.78, 5) is 25.9. The minimum Gasteiger partial charge on any atom is -0.460 e. The quantitative estimate of drug-likeness (QED) is 0.638. The molecule has 0 heterocycles. The van der Waals surface area contributed by atoms with Crippen LogP contribution in [0.2, 0.25) is 0 Å². The molecule has 0 aliphatic heterocycles. The van der Waals surface area contributed by atoms with E-state index < -0.39 is 17.3 Å². The monoisotopic (exact) mass is 350 g/mol. The van der Waals surface area contributed by atoms with Gasteiger partial charge in [-0.25, -0.2) is 4.79 Å². The van der Waals surface area contributed by atoms with E-state index in [1.165, 1.54) is 4.90 Å². The van der Waals surface area contributed by atoms with Crippen LogP contribution in [0.5, 0.6) is 0 Å². The lowest BCUT2D eigenvalue weighted by Gasteiger charge is -2.27. The summed E-state index contributed by atoms with van der Waals surface area (Å²) in [6.45, 7) is 11.2. The average Bonchev–Trinajstić information content (AvgIpc) is 2.39. The molecule has 0 radical (unpaired) electrons. The topological polar surface area (TPSA) is 81.9 Å². The van der Waals surface area contributed by atoms with Crippen molar-refractivity contribution in [2.24, 2.45) is 0 Å². The molecule has 0 fully saturated rings.